The summed E-state index contributed by atoms with van der Waals surface area (Å²) in [5.41, 5.74) is 0. The third-order valence-corrected chi connectivity index (χ3v) is 7.81. The molecule has 0 aromatic heterocycles. The number of unbranched alkanes of at least 4 members (excludes halogenated alkanes) is 12. The van der Waals surface area contributed by atoms with E-state index in [1.54, 1.807) is 6.08 Å². The van der Waals surface area contributed by atoms with Crippen LogP contribution in [0.2, 0.25) is 0 Å². The van der Waals surface area contributed by atoms with Gasteiger partial charge in [0, 0.05) is 0 Å². The van der Waals surface area contributed by atoms with E-state index in [4.69, 9.17) is 0 Å². The molecule has 0 heterocycles. The molecule has 0 aliphatic carbocycles. The van der Waals surface area contributed by atoms with Gasteiger partial charge in [0.05, 0.1) is 17.9 Å². The van der Waals surface area contributed by atoms with E-state index in [1.165, 1.54) is 38.2 Å². The summed E-state index contributed by atoms with van der Waals surface area (Å²) in [6.07, 6.45) is 35.6. The number of hydrogen-bond donors (Lipinski definition) is 4. The van der Waals surface area contributed by atoms with E-state index in [9.17, 15) is 28.0 Å². The largest absolute Gasteiger partial charge is 0.387 e. The molecule has 7 nitrogen and oxygen atoms in total. The van der Waals surface area contributed by atoms with Crippen LogP contribution in [0.15, 0.2) is 60.8 Å². The van der Waals surface area contributed by atoms with Gasteiger partial charge in [-0.25, -0.2) is 0 Å². The molecule has 0 spiro atoms. The second kappa shape index (κ2) is 28.8. The summed E-state index contributed by atoms with van der Waals surface area (Å²) in [4.78, 5) is 12.5. The summed E-state index contributed by atoms with van der Waals surface area (Å²) >= 11 is 0. The Labute approximate surface area is 263 Å². The van der Waals surface area contributed by atoms with Gasteiger partial charge in [-0.05, 0) is 64.2 Å². The zero-order chi connectivity index (χ0) is 32.0. The van der Waals surface area contributed by atoms with Crippen LogP contribution in [-0.4, -0.2) is 53.1 Å². The number of hydrogen-bond acceptors (Lipinski definition) is 5. The van der Waals surface area contributed by atoms with E-state index in [2.05, 4.69) is 67.8 Å². The third kappa shape index (κ3) is 28.5. The van der Waals surface area contributed by atoms with Crippen LogP contribution in [-0.2, 0) is 14.9 Å². The molecule has 0 rings (SSSR count). The Morgan fingerprint density at radius 1 is 0.651 bits per heavy atom. The summed E-state index contributed by atoms with van der Waals surface area (Å²) in [5, 5.41) is 23.2. The van der Waals surface area contributed by atoms with Crippen molar-refractivity contribution in [3.05, 3.63) is 60.8 Å². The van der Waals surface area contributed by atoms with E-state index in [0.29, 0.717) is 12.8 Å². The summed E-state index contributed by atoms with van der Waals surface area (Å²) in [7, 11) is -4.45. The number of aliphatic hydroxyl groups excluding tert-OH is 2. The molecule has 4 N–H and O–H groups in total. The quantitative estimate of drug-likeness (QED) is 0.0304. The first-order valence-corrected chi connectivity index (χ1v) is 18.2. The van der Waals surface area contributed by atoms with Gasteiger partial charge in [0.15, 0.2) is 0 Å². The van der Waals surface area contributed by atoms with Crippen LogP contribution in [0, 0.1) is 0 Å². The maximum atomic E-state index is 12.5. The Morgan fingerprint density at radius 3 is 1.72 bits per heavy atom. The lowest BCUT2D eigenvalue weighted by Crippen LogP contribution is -2.50. The number of nitrogens with one attached hydrogen (secondary N) is 1. The second-order valence-corrected chi connectivity index (χ2v) is 12.7. The molecule has 0 aliphatic rings. The molecule has 0 fully saturated rings. The normalized spacial score (nSPS) is 15.0. The molecular formula is C35H61NO6S. The van der Waals surface area contributed by atoms with Crippen molar-refractivity contribution in [3.8, 4) is 0 Å². The molecule has 248 valence electrons. The van der Waals surface area contributed by atoms with Crippen molar-refractivity contribution in [2.75, 3.05) is 5.75 Å². The average molecular weight is 624 g/mol. The van der Waals surface area contributed by atoms with Crippen LogP contribution in [0.4, 0.5) is 0 Å². The topological polar surface area (TPSA) is 124 Å². The monoisotopic (exact) mass is 623 g/mol. The summed E-state index contributed by atoms with van der Waals surface area (Å²) in [6, 6.07) is -1.26. The summed E-state index contributed by atoms with van der Waals surface area (Å²) < 4.78 is 32.3. The number of allylic oxidation sites excluding steroid dienone is 9. The van der Waals surface area contributed by atoms with Crippen molar-refractivity contribution >= 4 is 16.0 Å². The Balaban J connectivity index is 4.31. The van der Waals surface area contributed by atoms with Gasteiger partial charge in [0.1, 0.15) is 6.10 Å². The van der Waals surface area contributed by atoms with Crippen molar-refractivity contribution in [1.82, 2.24) is 5.32 Å². The van der Waals surface area contributed by atoms with Crippen molar-refractivity contribution in [2.24, 2.45) is 0 Å². The minimum absolute atomic E-state index is 0.250. The number of carbonyl (C=O) groups excluding carboxylic acids is 1. The van der Waals surface area contributed by atoms with Gasteiger partial charge in [0.25, 0.3) is 10.1 Å². The highest BCUT2D eigenvalue weighted by molar-refractivity contribution is 7.85. The van der Waals surface area contributed by atoms with Gasteiger partial charge >= 0.3 is 0 Å². The predicted molar refractivity (Wildman–Crippen MR) is 181 cm³/mol. The molecule has 0 aromatic rings. The molecule has 0 aliphatic heterocycles. The van der Waals surface area contributed by atoms with Gasteiger partial charge < -0.3 is 15.5 Å². The zero-order valence-electron chi connectivity index (χ0n) is 26.9. The smallest absolute Gasteiger partial charge is 0.267 e. The first-order valence-electron chi connectivity index (χ1n) is 16.6. The van der Waals surface area contributed by atoms with Gasteiger partial charge in [-0.3, -0.25) is 9.35 Å². The van der Waals surface area contributed by atoms with E-state index in [0.717, 1.165) is 64.2 Å². The third-order valence-electron chi connectivity index (χ3n) is 7.03. The fourth-order valence-electron chi connectivity index (χ4n) is 4.40. The highest BCUT2D eigenvalue weighted by Crippen LogP contribution is 2.11. The maximum absolute atomic E-state index is 12.5. The van der Waals surface area contributed by atoms with E-state index >= 15 is 0 Å². The van der Waals surface area contributed by atoms with Crippen molar-refractivity contribution < 1.29 is 28.0 Å². The Hall–Kier alpha value is -2.00. The standard InChI is InChI=1S/C35H61NO6S/c1-3-5-7-9-11-13-15-17-18-20-22-24-26-28-30-34(38)35(39)36-32(31-43(40,41)42)33(37)29-27-25-23-21-19-16-14-12-10-8-6-4-2/h10-13,15,17,19,21,27,29,32-34,37-38H,3-9,14,16,18,20,22-26,28,30-31H2,1-2H3,(H,36,39)(H,40,41,42)/b12-10+,13-11-,17-15-,21-19+,29-27+. The number of amides is 1. The summed E-state index contributed by atoms with van der Waals surface area (Å²) in [5.74, 6) is -1.59. The molecule has 8 heteroatoms. The molecule has 0 radical (unpaired) electrons. The first-order chi connectivity index (χ1) is 20.7. The predicted octanol–water partition coefficient (Wildman–Crippen LogP) is 7.92. The van der Waals surface area contributed by atoms with Crippen LogP contribution >= 0.6 is 0 Å². The molecule has 0 saturated carbocycles. The number of rotatable bonds is 28. The van der Waals surface area contributed by atoms with Crippen molar-refractivity contribution in [1.29, 1.82) is 0 Å². The van der Waals surface area contributed by atoms with Gasteiger partial charge in [-0.2, -0.15) is 8.42 Å². The lowest BCUT2D eigenvalue weighted by atomic mass is 10.1. The summed E-state index contributed by atoms with van der Waals surface area (Å²) in [6.45, 7) is 4.39. The fourth-order valence-corrected chi connectivity index (χ4v) is 5.14. The number of aliphatic hydroxyl groups is 2. The Morgan fingerprint density at radius 2 is 1.14 bits per heavy atom. The maximum Gasteiger partial charge on any atom is 0.267 e. The van der Waals surface area contributed by atoms with Gasteiger partial charge in [0.2, 0.25) is 5.91 Å². The van der Waals surface area contributed by atoms with Gasteiger partial charge in [-0.1, -0.05) is 126 Å². The first kappa shape index (κ1) is 41.0. The van der Waals surface area contributed by atoms with Gasteiger partial charge in [-0.15, -0.1) is 0 Å². The lowest BCUT2D eigenvalue weighted by Gasteiger charge is -2.22. The molecule has 0 aromatic carbocycles. The Kier molecular flexibility index (Phi) is 27.4. The highest BCUT2D eigenvalue weighted by Gasteiger charge is 2.27. The zero-order valence-corrected chi connectivity index (χ0v) is 27.7. The minimum atomic E-state index is -4.45. The van der Waals surface area contributed by atoms with Crippen LogP contribution in [0.5, 0.6) is 0 Å². The fraction of sp³-hybridized carbons (Fsp3) is 0.686. The molecule has 0 saturated heterocycles. The lowest BCUT2D eigenvalue weighted by molar-refractivity contribution is -0.130. The highest BCUT2D eigenvalue weighted by atomic mass is 32.2. The molecule has 43 heavy (non-hydrogen) atoms. The van der Waals surface area contributed by atoms with Crippen LogP contribution < -0.4 is 5.32 Å². The second-order valence-electron chi connectivity index (χ2n) is 11.2. The van der Waals surface area contributed by atoms with E-state index in [-0.39, 0.29) is 6.42 Å². The molecular weight excluding hydrogens is 562 g/mol. The van der Waals surface area contributed by atoms with Crippen molar-refractivity contribution in [2.45, 2.75) is 148 Å². The minimum Gasteiger partial charge on any atom is -0.387 e. The molecule has 1 amide bonds. The van der Waals surface area contributed by atoms with Crippen LogP contribution in [0.1, 0.15) is 129 Å². The van der Waals surface area contributed by atoms with E-state index in [1.807, 2.05) is 0 Å². The van der Waals surface area contributed by atoms with Crippen molar-refractivity contribution in [3.63, 3.8) is 0 Å². The van der Waals surface area contributed by atoms with Crippen LogP contribution in [0.3, 0.4) is 0 Å². The molecule has 0 bridgehead atoms. The molecule has 3 unspecified atom stereocenters. The number of carbonyl (C=O) groups is 1. The van der Waals surface area contributed by atoms with E-state index < -0.39 is 40.0 Å². The average Bonchev–Trinajstić information content (AvgIpc) is 2.96. The SMILES string of the molecule is CCCC/C=C/CC/C=C/CC/C=C/C(O)C(CS(=O)(=O)O)NC(=O)C(O)CCCCCCC/C=C\C=C/CCCCC. The van der Waals surface area contributed by atoms with Crippen LogP contribution in [0.25, 0.3) is 0 Å². The Bertz CT molecular complexity index is 923. The molecule has 3 atom stereocenters.